The molecule has 1 aromatic rings. The zero-order valence-electron chi connectivity index (χ0n) is 36.1. The van der Waals surface area contributed by atoms with Crippen molar-refractivity contribution in [2.45, 2.75) is 206 Å². The van der Waals surface area contributed by atoms with Crippen LogP contribution in [0.2, 0.25) is 60.4 Å². The summed E-state index contributed by atoms with van der Waals surface area (Å²) in [5.41, 5.74) is 3.39. The van der Waals surface area contributed by atoms with E-state index in [9.17, 15) is 5.11 Å². The normalized spacial score (nSPS) is 29.8. The molecule has 0 amide bonds. The van der Waals surface area contributed by atoms with Crippen LogP contribution in [-0.2, 0) is 29.5 Å². The first-order chi connectivity index (χ1) is 24.2. The van der Waals surface area contributed by atoms with Crippen LogP contribution in [0.1, 0.15) is 114 Å². The van der Waals surface area contributed by atoms with Crippen molar-refractivity contribution < 1.29 is 32.6 Å². The highest BCUT2D eigenvalue weighted by atomic mass is 28.4. The van der Waals surface area contributed by atoms with Gasteiger partial charge in [0.1, 0.15) is 12.0 Å². The van der Waals surface area contributed by atoms with Crippen molar-refractivity contribution in [3.05, 3.63) is 23.4 Å². The van der Waals surface area contributed by atoms with Crippen molar-refractivity contribution in [3.8, 4) is 0 Å². The number of aromatic nitrogens is 1. The standard InChI is InChI=1S/C41H79NO7Si3/c1-17-51(18-2,19-3)46-27-36-23-35(44-13)24-41(43,48-36)25-38-42-34(26-45-38)22-31(10)39-33(12)40(32(11)37(47-39)20-21-50(14,15)16)49-52(28(4)5,29(6)7)30(8)9/h22,26,28-30,32-33,35-37,39-40,43H,17-21,23-25,27H2,1-16H3/b31-22+/t32-,33-,35+,36+,37+,39-,40-,41-/m0/s1. The van der Waals surface area contributed by atoms with E-state index >= 15 is 0 Å². The fourth-order valence-corrected chi connectivity index (χ4v) is 19.0. The number of ether oxygens (including phenoxy) is 3. The quantitative estimate of drug-likeness (QED) is 0.139. The number of nitrogens with zero attached hydrogens (tertiary/aromatic N) is 1. The Morgan fingerprint density at radius 1 is 1.00 bits per heavy atom. The highest BCUT2D eigenvalue weighted by Crippen LogP contribution is 2.47. The molecule has 0 unspecified atom stereocenters. The van der Waals surface area contributed by atoms with Gasteiger partial charge in [-0.2, -0.15) is 0 Å². The minimum atomic E-state index is -2.13. The molecule has 0 radical (unpaired) electrons. The van der Waals surface area contributed by atoms with Gasteiger partial charge in [-0.05, 0) is 59.7 Å². The molecule has 8 nitrogen and oxygen atoms in total. The van der Waals surface area contributed by atoms with Crippen molar-refractivity contribution >= 4 is 30.8 Å². The van der Waals surface area contributed by atoms with Crippen LogP contribution in [0, 0.1) is 11.8 Å². The monoisotopic (exact) mass is 782 g/mol. The molecule has 2 aliphatic rings. The topological polar surface area (TPSA) is 92.4 Å². The summed E-state index contributed by atoms with van der Waals surface area (Å²) in [7, 11) is -3.49. The maximum Gasteiger partial charge on any atom is 0.200 e. The maximum absolute atomic E-state index is 11.7. The van der Waals surface area contributed by atoms with Crippen molar-refractivity contribution in [3.63, 3.8) is 0 Å². The summed E-state index contributed by atoms with van der Waals surface area (Å²) in [6, 6.07) is 4.45. The van der Waals surface area contributed by atoms with Crippen molar-refractivity contribution in [1.29, 1.82) is 0 Å². The van der Waals surface area contributed by atoms with Gasteiger partial charge in [-0.25, -0.2) is 4.98 Å². The van der Waals surface area contributed by atoms with Crippen LogP contribution in [0.15, 0.2) is 16.3 Å². The van der Waals surface area contributed by atoms with Gasteiger partial charge in [-0.1, -0.05) is 102 Å². The second kappa shape index (κ2) is 19.0. The van der Waals surface area contributed by atoms with E-state index in [1.807, 2.05) is 0 Å². The Hall–Kier alpha value is -0.639. The summed E-state index contributed by atoms with van der Waals surface area (Å²) in [4.78, 5) is 4.84. The molecule has 0 bridgehead atoms. The first kappa shape index (κ1) is 45.7. The van der Waals surface area contributed by atoms with E-state index < -0.39 is 30.5 Å². The molecule has 2 fully saturated rings. The van der Waals surface area contributed by atoms with E-state index in [1.165, 1.54) is 6.04 Å². The van der Waals surface area contributed by atoms with Crippen LogP contribution >= 0.6 is 0 Å². The smallest absolute Gasteiger partial charge is 0.200 e. The molecular formula is C41H79NO7Si3. The van der Waals surface area contributed by atoms with Crippen molar-refractivity contribution in [2.75, 3.05) is 13.7 Å². The first-order valence-corrected chi connectivity index (χ1v) is 29.1. The number of oxazole rings is 1. The van der Waals surface area contributed by atoms with E-state index in [0.29, 0.717) is 47.9 Å². The Bertz CT molecular complexity index is 1230. The molecular weight excluding hydrogens is 703 g/mol. The van der Waals surface area contributed by atoms with Crippen LogP contribution in [0.3, 0.4) is 0 Å². The van der Waals surface area contributed by atoms with Gasteiger partial charge in [0.25, 0.3) is 0 Å². The average molecular weight is 782 g/mol. The van der Waals surface area contributed by atoms with Gasteiger partial charge >= 0.3 is 0 Å². The highest BCUT2D eigenvalue weighted by molar-refractivity contribution is 6.77. The van der Waals surface area contributed by atoms with Gasteiger partial charge < -0.3 is 32.6 Å². The average Bonchev–Trinajstić information content (AvgIpc) is 3.49. The lowest BCUT2D eigenvalue weighted by Crippen LogP contribution is -2.58. The Labute approximate surface area is 321 Å². The van der Waals surface area contributed by atoms with Gasteiger partial charge in [0.15, 0.2) is 20.0 Å². The molecule has 1 N–H and O–H groups in total. The summed E-state index contributed by atoms with van der Waals surface area (Å²) in [6.07, 6.45) is 5.80. The van der Waals surface area contributed by atoms with Crippen LogP contribution in [0.4, 0.5) is 0 Å². The highest BCUT2D eigenvalue weighted by Gasteiger charge is 2.52. The molecule has 0 saturated carbocycles. The molecule has 0 aliphatic carbocycles. The lowest BCUT2D eigenvalue weighted by Gasteiger charge is -2.52. The fourth-order valence-electron chi connectivity index (χ4n) is 9.47. The van der Waals surface area contributed by atoms with E-state index in [1.54, 1.807) is 13.4 Å². The van der Waals surface area contributed by atoms with Crippen LogP contribution in [0.5, 0.6) is 0 Å². The fraction of sp³-hybridized carbons (Fsp3) is 0.878. The molecule has 1 aromatic heterocycles. The van der Waals surface area contributed by atoms with Gasteiger partial charge in [0.2, 0.25) is 8.32 Å². The second-order valence-electron chi connectivity index (χ2n) is 18.6. The number of hydrogen-bond acceptors (Lipinski definition) is 8. The summed E-state index contributed by atoms with van der Waals surface area (Å²) < 4.78 is 39.3. The minimum absolute atomic E-state index is 0.0923. The summed E-state index contributed by atoms with van der Waals surface area (Å²) in [6.45, 7) is 35.6. The lowest BCUT2D eigenvalue weighted by atomic mass is 9.80. The first-order valence-electron chi connectivity index (χ1n) is 20.7. The second-order valence-corrected chi connectivity index (χ2v) is 34.4. The van der Waals surface area contributed by atoms with Crippen LogP contribution in [-0.4, -0.2) is 84.8 Å². The molecule has 8 atom stereocenters. The Morgan fingerprint density at radius 2 is 1.60 bits per heavy atom. The van der Waals surface area contributed by atoms with E-state index in [0.717, 1.165) is 35.8 Å². The molecule has 2 aliphatic heterocycles. The third kappa shape index (κ3) is 11.2. The Balaban J connectivity index is 1.86. The van der Waals surface area contributed by atoms with Crippen molar-refractivity contribution in [2.24, 2.45) is 11.8 Å². The number of rotatable bonds is 19. The number of methoxy groups -OCH3 is 1. The van der Waals surface area contributed by atoms with Crippen LogP contribution < -0.4 is 0 Å². The SMILES string of the molecule is CC[Si](CC)(CC)OC[C@H]1C[C@@H](OC)C[C@@](O)(Cc2nc(/C=C(\C)[C@@H]3O[C@H](CC[Si](C)(C)C)[C@H](C)[C@H](O[Si](C(C)C)(C(C)C)C(C)C)[C@H]3C)co2)O1. The molecule has 11 heteroatoms. The summed E-state index contributed by atoms with van der Waals surface area (Å²) >= 11 is 0. The minimum Gasteiger partial charge on any atom is -0.448 e. The zero-order chi connectivity index (χ0) is 39.2. The van der Waals surface area contributed by atoms with Gasteiger partial charge in [-0.3, -0.25) is 0 Å². The summed E-state index contributed by atoms with van der Waals surface area (Å²) in [5.74, 6) is -0.518. The molecule has 302 valence electrons. The van der Waals surface area contributed by atoms with Crippen molar-refractivity contribution in [1.82, 2.24) is 4.98 Å². The van der Waals surface area contributed by atoms with E-state index in [2.05, 4.69) is 109 Å². The molecule has 3 rings (SSSR count). The van der Waals surface area contributed by atoms with Gasteiger partial charge in [0.05, 0.1) is 43.5 Å². The predicted octanol–water partition coefficient (Wildman–Crippen LogP) is 10.9. The molecule has 0 spiro atoms. The van der Waals surface area contributed by atoms with E-state index in [4.69, 9.17) is 32.5 Å². The summed E-state index contributed by atoms with van der Waals surface area (Å²) in [5, 5.41) is 11.7. The zero-order valence-corrected chi connectivity index (χ0v) is 39.1. The molecule has 0 aromatic carbocycles. The molecule has 52 heavy (non-hydrogen) atoms. The number of aliphatic hydroxyl groups is 1. The predicted molar refractivity (Wildman–Crippen MR) is 223 cm³/mol. The van der Waals surface area contributed by atoms with Gasteiger partial charge in [0, 0.05) is 39.9 Å². The third-order valence-corrected chi connectivity index (χ3v) is 25.3. The maximum atomic E-state index is 11.7. The Kier molecular flexibility index (Phi) is 16.7. The lowest BCUT2D eigenvalue weighted by molar-refractivity contribution is -0.279. The molecule has 3 heterocycles. The van der Waals surface area contributed by atoms with Crippen LogP contribution in [0.25, 0.3) is 6.08 Å². The number of hydrogen-bond donors (Lipinski definition) is 1. The van der Waals surface area contributed by atoms with Gasteiger partial charge in [-0.15, -0.1) is 0 Å². The third-order valence-electron chi connectivity index (χ3n) is 12.8. The Morgan fingerprint density at radius 3 is 2.12 bits per heavy atom. The largest absolute Gasteiger partial charge is 0.448 e. The molecule has 2 saturated heterocycles. The van der Waals surface area contributed by atoms with E-state index in [-0.39, 0.29) is 42.9 Å².